The highest BCUT2D eigenvalue weighted by atomic mass is 32.1. The Morgan fingerprint density at radius 2 is 2.00 bits per heavy atom. The number of alkyl halides is 3. The lowest BCUT2D eigenvalue weighted by atomic mass is 10.1. The van der Waals surface area contributed by atoms with Gasteiger partial charge in [-0.2, -0.15) is 13.2 Å². The zero-order chi connectivity index (χ0) is 15.8. The molecular weight excluding hydrogens is 303 g/mol. The van der Waals surface area contributed by atoms with E-state index >= 15 is 0 Å². The van der Waals surface area contributed by atoms with Crippen LogP contribution in [0.1, 0.15) is 17.5 Å². The minimum atomic E-state index is -4.52. The summed E-state index contributed by atoms with van der Waals surface area (Å²) in [5, 5.41) is 0. The number of thiocarbonyl (C=S) groups is 1. The van der Waals surface area contributed by atoms with Gasteiger partial charge in [-0.1, -0.05) is 12.2 Å². The largest absolute Gasteiger partial charge is 0.417 e. The maximum Gasteiger partial charge on any atom is 0.417 e. The van der Waals surface area contributed by atoms with Crippen LogP contribution in [0.2, 0.25) is 0 Å². The molecule has 1 amide bonds. The van der Waals surface area contributed by atoms with E-state index in [2.05, 4.69) is 0 Å². The summed E-state index contributed by atoms with van der Waals surface area (Å²) in [5.74, 6) is -0.695. The number of halogens is 3. The summed E-state index contributed by atoms with van der Waals surface area (Å²) in [6, 6.07) is 3.63. The number of carbonyl (C=O) groups is 1. The minimum Gasteiger partial charge on any atom is -0.389 e. The zero-order valence-electron chi connectivity index (χ0n) is 11.0. The molecule has 1 atom stereocenters. The molecule has 1 aliphatic rings. The highest BCUT2D eigenvalue weighted by Gasteiger charge is 2.35. The lowest BCUT2D eigenvalue weighted by Gasteiger charge is -2.21. The van der Waals surface area contributed by atoms with Crippen molar-refractivity contribution in [3.05, 3.63) is 29.3 Å². The van der Waals surface area contributed by atoms with Crippen LogP contribution in [-0.4, -0.2) is 24.0 Å². The van der Waals surface area contributed by atoms with Crippen molar-refractivity contribution in [2.45, 2.75) is 12.6 Å². The second-order valence-electron chi connectivity index (χ2n) is 4.93. The molecule has 1 aromatic rings. The first kappa shape index (κ1) is 15.6. The SMILES string of the molecule is NC(=O)C1CCN(c2ccc(C(F)(F)F)c(C(N)=S)c2)C1. The number of nitrogens with two attached hydrogens (primary N) is 2. The number of rotatable bonds is 3. The molecule has 0 bridgehead atoms. The molecule has 1 unspecified atom stereocenters. The first-order valence-corrected chi connectivity index (χ1v) is 6.66. The van der Waals surface area contributed by atoms with Crippen LogP contribution in [-0.2, 0) is 11.0 Å². The van der Waals surface area contributed by atoms with Gasteiger partial charge in [0.05, 0.1) is 11.5 Å². The van der Waals surface area contributed by atoms with Crippen LogP contribution < -0.4 is 16.4 Å². The first-order chi connectivity index (χ1) is 9.70. The van der Waals surface area contributed by atoms with Gasteiger partial charge in [0.1, 0.15) is 4.99 Å². The van der Waals surface area contributed by atoms with Crippen molar-refractivity contribution in [2.75, 3.05) is 18.0 Å². The van der Waals surface area contributed by atoms with Crippen molar-refractivity contribution in [1.29, 1.82) is 0 Å². The van der Waals surface area contributed by atoms with Crippen molar-refractivity contribution >= 4 is 28.8 Å². The van der Waals surface area contributed by atoms with Crippen LogP contribution in [0.3, 0.4) is 0 Å². The number of nitrogens with zero attached hydrogens (tertiary/aromatic N) is 1. The number of hydrogen-bond donors (Lipinski definition) is 2. The van der Waals surface area contributed by atoms with Gasteiger partial charge in [-0.3, -0.25) is 4.79 Å². The van der Waals surface area contributed by atoms with Crippen molar-refractivity contribution in [3.8, 4) is 0 Å². The minimum absolute atomic E-state index is 0.211. The van der Waals surface area contributed by atoms with E-state index in [1.807, 2.05) is 0 Å². The maximum absolute atomic E-state index is 12.9. The standard InChI is InChI=1S/C13H14F3N3OS/c14-13(15,16)10-2-1-8(5-9(10)12(18)21)19-4-3-7(6-19)11(17)20/h1-2,5,7H,3-4,6H2,(H2,17,20)(H2,18,21). The molecule has 4 N–H and O–H groups in total. The first-order valence-electron chi connectivity index (χ1n) is 6.25. The lowest BCUT2D eigenvalue weighted by Crippen LogP contribution is -2.27. The average molecular weight is 317 g/mol. The number of amides is 1. The molecule has 1 aromatic carbocycles. The Balaban J connectivity index is 2.33. The number of anilines is 1. The second kappa shape index (κ2) is 5.51. The van der Waals surface area contributed by atoms with Gasteiger partial charge in [-0.05, 0) is 24.6 Å². The van der Waals surface area contributed by atoms with Gasteiger partial charge in [0.2, 0.25) is 5.91 Å². The highest BCUT2D eigenvalue weighted by Crippen LogP contribution is 2.35. The Morgan fingerprint density at radius 3 is 2.48 bits per heavy atom. The van der Waals surface area contributed by atoms with Crippen LogP contribution in [0.5, 0.6) is 0 Å². The van der Waals surface area contributed by atoms with E-state index in [1.165, 1.54) is 12.1 Å². The summed E-state index contributed by atoms with van der Waals surface area (Å²) in [5.41, 5.74) is 10.1. The number of carbonyl (C=O) groups excluding carboxylic acids is 1. The Kier molecular flexibility index (Phi) is 4.08. The third-order valence-electron chi connectivity index (χ3n) is 3.53. The summed E-state index contributed by atoms with van der Waals surface area (Å²) < 4.78 is 38.7. The average Bonchev–Trinajstić information content (AvgIpc) is 2.86. The highest BCUT2D eigenvalue weighted by molar-refractivity contribution is 7.80. The van der Waals surface area contributed by atoms with Crippen molar-refractivity contribution in [3.63, 3.8) is 0 Å². The van der Waals surface area contributed by atoms with Gasteiger partial charge in [0, 0.05) is 24.3 Å². The van der Waals surface area contributed by atoms with E-state index in [0.717, 1.165) is 6.07 Å². The van der Waals surface area contributed by atoms with Gasteiger partial charge < -0.3 is 16.4 Å². The molecule has 8 heteroatoms. The second-order valence-corrected chi connectivity index (χ2v) is 5.37. The summed E-state index contributed by atoms with van der Waals surface area (Å²) in [6.45, 7) is 0.938. The number of benzene rings is 1. The summed E-state index contributed by atoms with van der Waals surface area (Å²) in [7, 11) is 0. The molecule has 0 aromatic heterocycles. The van der Waals surface area contributed by atoms with Crippen LogP contribution >= 0.6 is 12.2 Å². The van der Waals surface area contributed by atoms with Gasteiger partial charge in [0.25, 0.3) is 0 Å². The molecule has 1 heterocycles. The fourth-order valence-corrected chi connectivity index (χ4v) is 2.58. The van der Waals surface area contributed by atoms with Crippen LogP contribution in [0.15, 0.2) is 18.2 Å². The monoisotopic (exact) mass is 317 g/mol. The van der Waals surface area contributed by atoms with Crippen molar-refractivity contribution < 1.29 is 18.0 Å². The number of primary amides is 1. The summed E-state index contributed by atoms with van der Waals surface area (Å²) in [4.78, 5) is 12.6. The van der Waals surface area contributed by atoms with E-state index in [1.54, 1.807) is 4.90 Å². The maximum atomic E-state index is 12.9. The summed E-state index contributed by atoms with van der Waals surface area (Å²) in [6.07, 6.45) is -3.93. The van der Waals surface area contributed by atoms with Gasteiger partial charge in [0.15, 0.2) is 0 Å². The molecule has 114 valence electrons. The quantitative estimate of drug-likeness (QED) is 0.832. The van der Waals surface area contributed by atoms with Gasteiger partial charge in [-0.25, -0.2) is 0 Å². The molecule has 2 rings (SSSR count). The molecule has 0 aliphatic carbocycles. The smallest absolute Gasteiger partial charge is 0.389 e. The third kappa shape index (κ3) is 3.26. The Morgan fingerprint density at radius 1 is 1.33 bits per heavy atom. The predicted molar refractivity (Wildman–Crippen MR) is 76.8 cm³/mol. The Hall–Kier alpha value is -1.83. The molecule has 0 saturated carbocycles. The lowest BCUT2D eigenvalue weighted by molar-refractivity contribution is -0.137. The fraction of sp³-hybridized carbons (Fsp3) is 0.385. The van der Waals surface area contributed by atoms with E-state index in [4.69, 9.17) is 23.7 Å². The van der Waals surface area contributed by atoms with Gasteiger partial charge in [-0.15, -0.1) is 0 Å². The van der Waals surface area contributed by atoms with Crippen molar-refractivity contribution in [1.82, 2.24) is 0 Å². The van der Waals surface area contributed by atoms with Crippen LogP contribution in [0.4, 0.5) is 18.9 Å². The molecule has 1 fully saturated rings. The zero-order valence-corrected chi connectivity index (χ0v) is 11.8. The van der Waals surface area contributed by atoms with E-state index in [0.29, 0.717) is 25.2 Å². The Bertz CT molecular complexity index is 589. The predicted octanol–water partition coefficient (Wildman–Crippen LogP) is 1.65. The van der Waals surface area contributed by atoms with Crippen LogP contribution in [0.25, 0.3) is 0 Å². The van der Waals surface area contributed by atoms with E-state index in [9.17, 15) is 18.0 Å². The molecule has 0 radical (unpaired) electrons. The van der Waals surface area contributed by atoms with Crippen molar-refractivity contribution in [2.24, 2.45) is 17.4 Å². The normalized spacial score (nSPS) is 18.8. The number of hydrogen-bond acceptors (Lipinski definition) is 3. The van der Waals surface area contributed by atoms with E-state index in [-0.39, 0.29) is 16.5 Å². The summed E-state index contributed by atoms with van der Waals surface area (Å²) >= 11 is 4.70. The topological polar surface area (TPSA) is 72.4 Å². The molecular formula is C13H14F3N3OS. The van der Waals surface area contributed by atoms with Crippen LogP contribution in [0, 0.1) is 5.92 Å². The Labute approximate surface area is 124 Å². The van der Waals surface area contributed by atoms with Gasteiger partial charge >= 0.3 is 6.18 Å². The molecule has 0 spiro atoms. The molecule has 4 nitrogen and oxygen atoms in total. The molecule has 1 saturated heterocycles. The van der Waals surface area contributed by atoms with E-state index < -0.39 is 17.6 Å². The molecule has 1 aliphatic heterocycles. The third-order valence-corrected chi connectivity index (χ3v) is 3.75. The molecule has 21 heavy (non-hydrogen) atoms. The fourth-order valence-electron chi connectivity index (χ4n) is 2.41.